The van der Waals surface area contributed by atoms with Gasteiger partial charge in [-0.05, 0) is 49.6 Å². The predicted molar refractivity (Wildman–Crippen MR) is 121 cm³/mol. The molecule has 0 saturated carbocycles. The molecule has 2 aromatic rings. The summed E-state index contributed by atoms with van der Waals surface area (Å²) in [6.07, 6.45) is 3.08. The number of fused-ring (bicyclic) bond motifs is 3. The van der Waals surface area contributed by atoms with Gasteiger partial charge < -0.3 is 24.8 Å². The average molecular weight is 421 g/mol. The lowest BCUT2D eigenvalue weighted by Gasteiger charge is -2.41. The van der Waals surface area contributed by atoms with Gasteiger partial charge in [-0.3, -0.25) is 9.59 Å². The van der Waals surface area contributed by atoms with Crippen LogP contribution >= 0.6 is 0 Å². The zero-order valence-corrected chi connectivity index (χ0v) is 17.8. The van der Waals surface area contributed by atoms with Crippen LogP contribution in [0.4, 0.5) is 17.1 Å². The predicted octanol–water partition coefficient (Wildman–Crippen LogP) is 2.97. The van der Waals surface area contributed by atoms with Crippen molar-refractivity contribution in [3.8, 4) is 5.75 Å². The van der Waals surface area contributed by atoms with Crippen LogP contribution in [0.5, 0.6) is 5.75 Å². The number of methoxy groups -OCH3 is 1. The summed E-state index contributed by atoms with van der Waals surface area (Å²) in [5.41, 5.74) is 3.52. The fourth-order valence-corrected chi connectivity index (χ4v) is 4.89. The summed E-state index contributed by atoms with van der Waals surface area (Å²) >= 11 is 0. The van der Waals surface area contributed by atoms with E-state index in [0.717, 1.165) is 61.7 Å². The number of piperidine rings is 1. The molecule has 1 atom stereocenters. The Morgan fingerprint density at radius 2 is 1.87 bits per heavy atom. The summed E-state index contributed by atoms with van der Waals surface area (Å²) in [7, 11) is 1.67. The van der Waals surface area contributed by atoms with Crippen LogP contribution in [0.2, 0.25) is 0 Å². The number of ether oxygens (including phenoxy) is 1. The first kappa shape index (κ1) is 19.7. The van der Waals surface area contributed by atoms with Gasteiger partial charge in [0, 0.05) is 50.0 Å². The van der Waals surface area contributed by atoms with Crippen LogP contribution in [-0.2, 0) is 4.79 Å². The van der Waals surface area contributed by atoms with Crippen LogP contribution in [0.1, 0.15) is 29.6 Å². The van der Waals surface area contributed by atoms with Gasteiger partial charge in [0.05, 0.1) is 18.5 Å². The molecule has 2 amide bonds. The molecule has 5 rings (SSSR count). The monoisotopic (exact) mass is 420 g/mol. The van der Waals surface area contributed by atoms with Crippen molar-refractivity contribution in [3.63, 3.8) is 0 Å². The van der Waals surface area contributed by atoms with E-state index in [1.807, 2.05) is 41.3 Å². The first-order chi connectivity index (χ1) is 15.1. The molecule has 1 N–H and O–H groups in total. The summed E-state index contributed by atoms with van der Waals surface area (Å²) < 4.78 is 5.32. The van der Waals surface area contributed by atoms with E-state index in [1.54, 1.807) is 7.11 Å². The van der Waals surface area contributed by atoms with E-state index in [4.69, 9.17) is 4.74 Å². The van der Waals surface area contributed by atoms with Gasteiger partial charge in [0.1, 0.15) is 11.8 Å². The number of anilines is 3. The largest absolute Gasteiger partial charge is 0.497 e. The lowest BCUT2D eigenvalue weighted by atomic mass is 9.96. The van der Waals surface area contributed by atoms with E-state index in [2.05, 4.69) is 21.2 Å². The number of carbonyl (C=O) groups is 2. The van der Waals surface area contributed by atoms with Crippen molar-refractivity contribution >= 4 is 28.9 Å². The summed E-state index contributed by atoms with van der Waals surface area (Å²) in [5.74, 6) is 0.898. The van der Waals surface area contributed by atoms with Crippen LogP contribution < -0.4 is 19.9 Å². The number of nitrogens with one attached hydrogen (secondary N) is 1. The SMILES string of the molecule is COc1cccc(N2CCN(C(=O)c3ccc4c(c3)NC(=O)[C@@H]3CCCCN43)CC2)c1. The molecule has 162 valence electrons. The van der Waals surface area contributed by atoms with E-state index in [0.29, 0.717) is 18.7 Å². The highest BCUT2D eigenvalue weighted by molar-refractivity contribution is 6.05. The number of amides is 2. The molecule has 7 nitrogen and oxygen atoms in total. The van der Waals surface area contributed by atoms with Crippen molar-refractivity contribution in [2.45, 2.75) is 25.3 Å². The lowest BCUT2D eigenvalue weighted by molar-refractivity contribution is -0.118. The Hall–Kier alpha value is -3.22. The Morgan fingerprint density at radius 3 is 2.68 bits per heavy atom. The van der Waals surface area contributed by atoms with Gasteiger partial charge in [0.2, 0.25) is 5.91 Å². The molecule has 0 aromatic heterocycles. The maximum atomic E-state index is 13.2. The third-order valence-corrected chi connectivity index (χ3v) is 6.60. The fourth-order valence-electron chi connectivity index (χ4n) is 4.89. The molecule has 0 radical (unpaired) electrons. The molecule has 0 unspecified atom stereocenters. The fraction of sp³-hybridized carbons (Fsp3) is 0.417. The standard InChI is InChI=1S/C24H28N4O3/c1-31-19-6-4-5-18(16-19)26-11-13-27(14-12-26)24(30)17-8-9-21-20(15-17)25-23(29)22-7-2-3-10-28(21)22/h4-6,8-9,15-16,22H,2-3,7,10-14H2,1H3,(H,25,29)/t22-/m0/s1. The molecule has 3 aliphatic heterocycles. The summed E-state index contributed by atoms with van der Waals surface area (Å²) in [6.45, 7) is 3.76. The van der Waals surface area contributed by atoms with Gasteiger partial charge in [-0.25, -0.2) is 0 Å². The summed E-state index contributed by atoms with van der Waals surface area (Å²) in [6, 6.07) is 13.7. The van der Waals surface area contributed by atoms with Gasteiger partial charge in [-0.1, -0.05) is 6.07 Å². The second-order valence-corrected chi connectivity index (χ2v) is 8.41. The highest BCUT2D eigenvalue weighted by Gasteiger charge is 2.35. The van der Waals surface area contributed by atoms with Crippen LogP contribution in [-0.4, -0.2) is 62.6 Å². The van der Waals surface area contributed by atoms with E-state index in [-0.39, 0.29) is 17.9 Å². The minimum atomic E-state index is -0.0764. The normalized spacial score (nSPS) is 20.6. The zero-order chi connectivity index (χ0) is 21.4. The van der Waals surface area contributed by atoms with Crippen molar-refractivity contribution in [2.24, 2.45) is 0 Å². The summed E-state index contributed by atoms with van der Waals surface area (Å²) in [5, 5.41) is 3.03. The lowest BCUT2D eigenvalue weighted by Crippen LogP contribution is -2.50. The Bertz CT molecular complexity index is 1000. The van der Waals surface area contributed by atoms with Crippen LogP contribution in [0.3, 0.4) is 0 Å². The van der Waals surface area contributed by atoms with Crippen LogP contribution in [0.15, 0.2) is 42.5 Å². The van der Waals surface area contributed by atoms with Gasteiger partial charge in [-0.15, -0.1) is 0 Å². The Kier molecular flexibility index (Phi) is 5.18. The molecule has 2 saturated heterocycles. The maximum Gasteiger partial charge on any atom is 0.254 e. The maximum absolute atomic E-state index is 13.2. The third kappa shape index (κ3) is 3.69. The number of hydrogen-bond donors (Lipinski definition) is 1. The van der Waals surface area contributed by atoms with Gasteiger partial charge >= 0.3 is 0 Å². The molecule has 7 heteroatoms. The molecular weight excluding hydrogens is 392 g/mol. The second-order valence-electron chi connectivity index (χ2n) is 8.41. The number of carbonyl (C=O) groups excluding carboxylic acids is 2. The van der Waals surface area contributed by atoms with Gasteiger partial charge in [-0.2, -0.15) is 0 Å². The number of rotatable bonds is 3. The van der Waals surface area contributed by atoms with Crippen molar-refractivity contribution < 1.29 is 14.3 Å². The smallest absolute Gasteiger partial charge is 0.254 e. The van der Waals surface area contributed by atoms with Crippen molar-refractivity contribution in [3.05, 3.63) is 48.0 Å². The second kappa shape index (κ2) is 8.13. The minimum absolute atomic E-state index is 0.0168. The van der Waals surface area contributed by atoms with E-state index in [1.165, 1.54) is 0 Å². The van der Waals surface area contributed by atoms with Gasteiger partial charge in [0.25, 0.3) is 5.91 Å². The van der Waals surface area contributed by atoms with Crippen molar-refractivity contribution in [2.75, 3.05) is 55.0 Å². The van der Waals surface area contributed by atoms with Crippen molar-refractivity contribution in [1.82, 2.24) is 4.90 Å². The first-order valence-electron chi connectivity index (χ1n) is 11.0. The number of benzene rings is 2. The van der Waals surface area contributed by atoms with E-state index in [9.17, 15) is 9.59 Å². The summed E-state index contributed by atoms with van der Waals surface area (Å²) in [4.78, 5) is 32.0. The molecule has 2 aromatic carbocycles. The molecule has 3 heterocycles. The molecule has 0 bridgehead atoms. The zero-order valence-electron chi connectivity index (χ0n) is 17.8. The van der Waals surface area contributed by atoms with Crippen LogP contribution in [0.25, 0.3) is 0 Å². The highest BCUT2D eigenvalue weighted by atomic mass is 16.5. The molecule has 0 aliphatic carbocycles. The third-order valence-electron chi connectivity index (χ3n) is 6.60. The molecule has 2 fully saturated rings. The van der Waals surface area contributed by atoms with E-state index < -0.39 is 0 Å². The highest BCUT2D eigenvalue weighted by Crippen LogP contribution is 2.36. The molecular formula is C24H28N4O3. The van der Waals surface area contributed by atoms with Crippen LogP contribution in [0, 0.1) is 0 Å². The topological polar surface area (TPSA) is 65.1 Å². The average Bonchev–Trinajstić information content (AvgIpc) is 2.83. The number of piperazine rings is 1. The van der Waals surface area contributed by atoms with Gasteiger partial charge in [0.15, 0.2) is 0 Å². The minimum Gasteiger partial charge on any atom is -0.497 e. The van der Waals surface area contributed by atoms with E-state index >= 15 is 0 Å². The Balaban J connectivity index is 1.28. The molecule has 3 aliphatic rings. The first-order valence-corrected chi connectivity index (χ1v) is 11.0. The molecule has 31 heavy (non-hydrogen) atoms. The molecule has 0 spiro atoms. The number of hydrogen-bond acceptors (Lipinski definition) is 5. The Labute approximate surface area is 182 Å². The van der Waals surface area contributed by atoms with Crippen molar-refractivity contribution in [1.29, 1.82) is 0 Å². The number of nitrogens with zero attached hydrogens (tertiary/aromatic N) is 3. The quantitative estimate of drug-likeness (QED) is 0.827. The Morgan fingerprint density at radius 1 is 1.03 bits per heavy atom.